The fourth-order valence-corrected chi connectivity index (χ4v) is 3.69. The van der Waals surface area contributed by atoms with E-state index in [9.17, 15) is 8.42 Å². The van der Waals surface area contributed by atoms with Crippen LogP contribution in [0.3, 0.4) is 0 Å². The zero-order valence-corrected chi connectivity index (χ0v) is 18.4. The van der Waals surface area contributed by atoms with Crippen LogP contribution >= 0.6 is 24.0 Å². The van der Waals surface area contributed by atoms with E-state index >= 15 is 0 Å². The summed E-state index contributed by atoms with van der Waals surface area (Å²) in [4.78, 5) is 6.68. The maximum absolute atomic E-state index is 11.5. The van der Waals surface area contributed by atoms with E-state index in [1.807, 2.05) is 6.92 Å². The first-order valence-electron chi connectivity index (χ1n) is 8.59. The molecule has 0 radical (unpaired) electrons. The van der Waals surface area contributed by atoms with Crippen molar-refractivity contribution in [3.05, 3.63) is 0 Å². The van der Waals surface area contributed by atoms with Crippen molar-refractivity contribution in [2.24, 2.45) is 4.99 Å². The van der Waals surface area contributed by atoms with E-state index < -0.39 is 10.0 Å². The lowest BCUT2D eigenvalue weighted by molar-refractivity contribution is 0.232. The van der Waals surface area contributed by atoms with Gasteiger partial charge in [0, 0.05) is 39.8 Å². The fraction of sp³-hybridized carbons (Fsp3) is 0.933. The van der Waals surface area contributed by atoms with Gasteiger partial charge in [-0.2, -0.15) is 0 Å². The van der Waals surface area contributed by atoms with Gasteiger partial charge in [0.1, 0.15) is 0 Å². The van der Waals surface area contributed by atoms with E-state index in [4.69, 9.17) is 0 Å². The van der Waals surface area contributed by atoms with Crippen LogP contribution in [-0.2, 0) is 10.0 Å². The molecule has 1 aliphatic rings. The summed E-state index contributed by atoms with van der Waals surface area (Å²) in [6.45, 7) is 7.93. The van der Waals surface area contributed by atoms with Crippen LogP contribution in [0.5, 0.6) is 0 Å². The van der Waals surface area contributed by atoms with Crippen molar-refractivity contribution in [1.29, 1.82) is 0 Å². The van der Waals surface area contributed by atoms with Crippen LogP contribution in [0.25, 0.3) is 0 Å². The van der Waals surface area contributed by atoms with Crippen molar-refractivity contribution in [2.45, 2.75) is 32.6 Å². The van der Waals surface area contributed by atoms with E-state index in [1.165, 1.54) is 42.9 Å². The van der Waals surface area contributed by atoms with Crippen LogP contribution in [0.15, 0.2) is 4.99 Å². The molecule has 1 aliphatic heterocycles. The summed E-state index contributed by atoms with van der Waals surface area (Å²) in [6.07, 6.45) is 5.98. The zero-order chi connectivity index (χ0) is 17.1. The number of likely N-dealkylation sites (tertiary alicyclic amines) is 1. The van der Waals surface area contributed by atoms with Crippen LogP contribution < -0.4 is 10.6 Å². The summed E-state index contributed by atoms with van der Waals surface area (Å²) < 4.78 is 24.5. The van der Waals surface area contributed by atoms with E-state index in [2.05, 4.69) is 20.5 Å². The second kappa shape index (κ2) is 13.1. The van der Waals surface area contributed by atoms with Gasteiger partial charge in [-0.15, -0.1) is 24.0 Å². The van der Waals surface area contributed by atoms with Crippen molar-refractivity contribution < 1.29 is 8.42 Å². The number of rotatable bonds is 9. The number of hydrogen-bond donors (Lipinski definition) is 2. The highest BCUT2D eigenvalue weighted by Crippen LogP contribution is 2.07. The SMILES string of the molecule is CCN(CCCNC(=NC)NCCN1CCCCC1)S(C)(=O)=O.I. The van der Waals surface area contributed by atoms with Gasteiger partial charge in [0.2, 0.25) is 10.0 Å². The number of halogens is 1. The monoisotopic (exact) mass is 475 g/mol. The molecule has 0 amide bonds. The first-order chi connectivity index (χ1) is 11.0. The Morgan fingerprint density at radius 1 is 1.17 bits per heavy atom. The molecule has 0 atom stereocenters. The molecule has 144 valence electrons. The van der Waals surface area contributed by atoms with Crippen LogP contribution in [0.1, 0.15) is 32.6 Å². The Kier molecular flexibility index (Phi) is 13.1. The van der Waals surface area contributed by atoms with Gasteiger partial charge in [-0.3, -0.25) is 4.99 Å². The van der Waals surface area contributed by atoms with E-state index in [0.29, 0.717) is 19.6 Å². The predicted molar refractivity (Wildman–Crippen MR) is 112 cm³/mol. The molecular formula is C15H34IN5O2S. The summed E-state index contributed by atoms with van der Waals surface area (Å²) in [5, 5.41) is 6.55. The molecule has 0 aliphatic carbocycles. The molecule has 1 rings (SSSR count). The molecule has 0 spiro atoms. The van der Waals surface area contributed by atoms with Crippen molar-refractivity contribution in [3.63, 3.8) is 0 Å². The summed E-state index contributed by atoms with van der Waals surface area (Å²) in [6, 6.07) is 0. The fourth-order valence-electron chi connectivity index (χ4n) is 2.76. The van der Waals surface area contributed by atoms with Gasteiger partial charge in [-0.25, -0.2) is 12.7 Å². The van der Waals surface area contributed by atoms with Crippen molar-refractivity contribution in [2.75, 3.05) is 59.1 Å². The van der Waals surface area contributed by atoms with Crippen LogP contribution in [0, 0.1) is 0 Å². The van der Waals surface area contributed by atoms with E-state index in [0.717, 1.165) is 25.5 Å². The molecule has 1 heterocycles. The zero-order valence-electron chi connectivity index (χ0n) is 15.3. The maximum Gasteiger partial charge on any atom is 0.211 e. The highest BCUT2D eigenvalue weighted by molar-refractivity contribution is 14.0. The number of guanidine groups is 1. The number of piperidine rings is 1. The van der Waals surface area contributed by atoms with Gasteiger partial charge in [0.05, 0.1) is 6.26 Å². The Labute approximate surface area is 164 Å². The summed E-state index contributed by atoms with van der Waals surface area (Å²) in [5.74, 6) is 0.782. The van der Waals surface area contributed by atoms with Gasteiger partial charge < -0.3 is 15.5 Å². The Morgan fingerprint density at radius 3 is 2.33 bits per heavy atom. The molecule has 1 saturated heterocycles. The molecule has 2 N–H and O–H groups in total. The molecule has 0 unspecified atom stereocenters. The second-order valence-electron chi connectivity index (χ2n) is 5.94. The van der Waals surface area contributed by atoms with Crippen molar-refractivity contribution in [1.82, 2.24) is 19.8 Å². The predicted octanol–water partition coefficient (Wildman–Crippen LogP) is 0.927. The normalized spacial score (nSPS) is 16.8. The van der Waals surface area contributed by atoms with Crippen molar-refractivity contribution in [3.8, 4) is 0 Å². The van der Waals surface area contributed by atoms with Gasteiger partial charge in [0.25, 0.3) is 0 Å². The third-order valence-corrected chi connectivity index (χ3v) is 5.47. The average Bonchev–Trinajstić information content (AvgIpc) is 2.52. The molecular weight excluding hydrogens is 441 g/mol. The topological polar surface area (TPSA) is 77.0 Å². The largest absolute Gasteiger partial charge is 0.356 e. The number of nitrogens with zero attached hydrogens (tertiary/aromatic N) is 3. The lowest BCUT2D eigenvalue weighted by Gasteiger charge is -2.26. The molecule has 0 saturated carbocycles. The molecule has 0 bridgehead atoms. The summed E-state index contributed by atoms with van der Waals surface area (Å²) in [5.41, 5.74) is 0. The first kappa shape index (κ1) is 23.9. The Morgan fingerprint density at radius 2 is 1.79 bits per heavy atom. The molecule has 9 heteroatoms. The lowest BCUT2D eigenvalue weighted by atomic mass is 10.1. The van der Waals surface area contributed by atoms with Gasteiger partial charge >= 0.3 is 0 Å². The summed E-state index contributed by atoms with van der Waals surface area (Å²) in [7, 11) is -1.34. The smallest absolute Gasteiger partial charge is 0.211 e. The molecule has 1 fully saturated rings. The minimum Gasteiger partial charge on any atom is -0.356 e. The standard InChI is InChI=1S/C15H33N5O2S.HI/c1-4-20(23(3,21)22)13-8-9-17-15(16-2)18-10-14-19-11-6-5-7-12-19;/h4-14H2,1-3H3,(H2,16,17,18);1H. The quantitative estimate of drug-likeness (QED) is 0.225. The van der Waals surface area contributed by atoms with Gasteiger partial charge in [0.15, 0.2) is 5.96 Å². The number of hydrogen-bond acceptors (Lipinski definition) is 4. The average molecular weight is 475 g/mol. The second-order valence-corrected chi connectivity index (χ2v) is 7.92. The molecule has 0 aromatic carbocycles. The number of sulfonamides is 1. The van der Waals surface area contributed by atoms with Crippen LogP contribution in [-0.4, -0.2) is 82.7 Å². The van der Waals surface area contributed by atoms with Gasteiger partial charge in [-0.1, -0.05) is 13.3 Å². The molecule has 0 aromatic heterocycles. The lowest BCUT2D eigenvalue weighted by Crippen LogP contribution is -2.43. The molecule has 7 nitrogen and oxygen atoms in total. The third kappa shape index (κ3) is 10.00. The highest BCUT2D eigenvalue weighted by atomic mass is 127. The van der Waals surface area contributed by atoms with Crippen LogP contribution in [0.2, 0.25) is 0 Å². The minimum atomic E-state index is -3.09. The molecule has 24 heavy (non-hydrogen) atoms. The Balaban J connectivity index is 0.00000529. The minimum absolute atomic E-state index is 0. The Hall–Kier alpha value is -0.130. The summed E-state index contributed by atoms with van der Waals surface area (Å²) >= 11 is 0. The maximum atomic E-state index is 11.5. The van der Waals surface area contributed by atoms with Gasteiger partial charge in [-0.05, 0) is 32.4 Å². The van der Waals surface area contributed by atoms with E-state index in [-0.39, 0.29) is 24.0 Å². The number of aliphatic imine (C=N–C) groups is 1. The van der Waals surface area contributed by atoms with Crippen molar-refractivity contribution >= 4 is 40.0 Å². The highest BCUT2D eigenvalue weighted by Gasteiger charge is 2.13. The Bertz CT molecular complexity index is 453. The first-order valence-corrected chi connectivity index (χ1v) is 10.4. The molecule has 0 aromatic rings. The van der Waals surface area contributed by atoms with Crippen LogP contribution in [0.4, 0.5) is 0 Å². The number of nitrogens with one attached hydrogen (secondary N) is 2. The third-order valence-electron chi connectivity index (χ3n) is 4.09. The van der Waals surface area contributed by atoms with E-state index in [1.54, 1.807) is 7.05 Å².